The van der Waals surface area contributed by atoms with E-state index in [4.69, 9.17) is 0 Å². The average Bonchev–Trinajstić information content (AvgIpc) is 2.37. The van der Waals surface area contributed by atoms with E-state index >= 15 is 0 Å². The number of rotatable bonds is 4. The van der Waals surface area contributed by atoms with Crippen LogP contribution in [-0.2, 0) is 0 Å². The number of hydrogen-bond donors (Lipinski definition) is 1. The third kappa shape index (κ3) is 4.74. The summed E-state index contributed by atoms with van der Waals surface area (Å²) in [5, 5.41) is 3.02. The van der Waals surface area contributed by atoms with Crippen molar-refractivity contribution in [2.24, 2.45) is 11.8 Å². The molecule has 1 aromatic carbocycles. The number of carbonyl (C=O) groups is 1. The molecule has 1 saturated heterocycles. The quantitative estimate of drug-likeness (QED) is 0.807. The molecule has 0 bridgehead atoms. The number of piperidine rings is 1. The molecule has 0 radical (unpaired) electrons. The summed E-state index contributed by atoms with van der Waals surface area (Å²) in [5.41, 5.74) is 0.747. The normalized spacial score (nSPS) is 23.6. The van der Waals surface area contributed by atoms with Gasteiger partial charge in [0.05, 0.1) is 0 Å². The summed E-state index contributed by atoms with van der Waals surface area (Å²) in [6.45, 7) is 8.61. The van der Waals surface area contributed by atoms with Crippen molar-refractivity contribution in [1.29, 1.82) is 0 Å². The van der Waals surface area contributed by atoms with E-state index in [1.165, 1.54) is 6.42 Å². The molecule has 1 heterocycles. The first-order chi connectivity index (χ1) is 9.54. The lowest BCUT2D eigenvalue weighted by Gasteiger charge is -2.34. The molecule has 20 heavy (non-hydrogen) atoms. The monoisotopic (exact) mass is 386 g/mol. The largest absolute Gasteiger partial charge is 0.351 e. The number of amides is 1. The van der Waals surface area contributed by atoms with E-state index in [-0.39, 0.29) is 5.91 Å². The Balaban J connectivity index is 1.77. The van der Waals surface area contributed by atoms with Crippen LogP contribution in [-0.4, -0.2) is 37.0 Å². The zero-order chi connectivity index (χ0) is 14.5. The maximum atomic E-state index is 12.0. The molecule has 110 valence electrons. The van der Waals surface area contributed by atoms with Gasteiger partial charge in [-0.2, -0.15) is 0 Å². The van der Waals surface area contributed by atoms with Crippen LogP contribution in [0.5, 0.6) is 0 Å². The first-order valence-corrected chi connectivity index (χ1v) is 8.38. The Kier molecular flexibility index (Phi) is 5.84. The van der Waals surface area contributed by atoms with Crippen LogP contribution in [0.4, 0.5) is 0 Å². The van der Waals surface area contributed by atoms with Crippen LogP contribution in [0.3, 0.4) is 0 Å². The van der Waals surface area contributed by atoms with Crippen molar-refractivity contribution in [3.8, 4) is 0 Å². The number of likely N-dealkylation sites (tertiary alicyclic amines) is 1. The van der Waals surface area contributed by atoms with Gasteiger partial charge in [0, 0.05) is 35.3 Å². The Labute approximate surface area is 135 Å². The van der Waals surface area contributed by atoms with Gasteiger partial charge in [-0.25, -0.2) is 0 Å². The van der Waals surface area contributed by atoms with Gasteiger partial charge in [0.2, 0.25) is 0 Å². The van der Waals surface area contributed by atoms with Gasteiger partial charge in [-0.3, -0.25) is 4.79 Å². The highest BCUT2D eigenvalue weighted by Crippen LogP contribution is 2.20. The van der Waals surface area contributed by atoms with Crippen LogP contribution in [0.25, 0.3) is 0 Å². The topological polar surface area (TPSA) is 32.3 Å². The van der Waals surface area contributed by atoms with Crippen molar-refractivity contribution in [3.05, 3.63) is 33.4 Å². The standard InChI is InChI=1S/C16H23IN2O/c1-12-8-13(2)11-19(10-12)7-6-18-16(20)14-4-3-5-15(17)9-14/h3-5,9,12-13H,6-8,10-11H2,1-2H3,(H,18,20)/t12-,13-/m0/s1. The fourth-order valence-corrected chi connectivity index (χ4v) is 3.58. The van der Waals surface area contributed by atoms with Crippen LogP contribution < -0.4 is 5.32 Å². The van der Waals surface area contributed by atoms with Crippen LogP contribution in [0.1, 0.15) is 30.6 Å². The number of nitrogens with zero attached hydrogens (tertiary/aromatic N) is 1. The van der Waals surface area contributed by atoms with E-state index in [9.17, 15) is 4.79 Å². The minimum atomic E-state index is 0.0293. The van der Waals surface area contributed by atoms with E-state index in [1.807, 2.05) is 24.3 Å². The average molecular weight is 386 g/mol. The molecule has 1 N–H and O–H groups in total. The summed E-state index contributed by atoms with van der Waals surface area (Å²) in [7, 11) is 0. The van der Waals surface area contributed by atoms with Crippen molar-refractivity contribution in [2.45, 2.75) is 20.3 Å². The van der Waals surface area contributed by atoms with E-state index in [2.05, 4.69) is 46.7 Å². The summed E-state index contributed by atoms with van der Waals surface area (Å²) in [6.07, 6.45) is 1.32. The highest BCUT2D eigenvalue weighted by atomic mass is 127. The summed E-state index contributed by atoms with van der Waals surface area (Å²) >= 11 is 2.23. The van der Waals surface area contributed by atoms with Gasteiger partial charge < -0.3 is 10.2 Å². The second-order valence-electron chi connectivity index (χ2n) is 5.97. The predicted octanol–water partition coefficient (Wildman–Crippen LogP) is 3.00. The highest BCUT2D eigenvalue weighted by molar-refractivity contribution is 14.1. The molecular formula is C16H23IN2O. The molecule has 0 aromatic heterocycles. The van der Waals surface area contributed by atoms with Gasteiger partial charge in [0.15, 0.2) is 0 Å². The highest BCUT2D eigenvalue weighted by Gasteiger charge is 2.21. The lowest BCUT2D eigenvalue weighted by Crippen LogP contribution is -2.42. The van der Waals surface area contributed by atoms with E-state index in [0.29, 0.717) is 0 Å². The molecule has 1 aliphatic heterocycles. The number of hydrogen-bond acceptors (Lipinski definition) is 2. The predicted molar refractivity (Wildman–Crippen MR) is 90.9 cm³/mol. The van der Waals surface area contributed by atoms with Crippen molar-refractivity contribution in [3.63, 3.8) is 0 Å². The molecule has 0 saturated carbocycles. The Morgan fingerprint density at radius 1 is 1.35 bits per heavy atom. The van der Waals surface area contributed by atoms with Crippen molar-refractivity contribution in [2.75, 3.05) is 26.2 Å². The van der Waals surface area contributed by atoms with Gasteiger partial charge in [0.1, 0.15) is 0 Å². The number of carbonyl (C=O) groups excluding carboxylic acids is 1. The molecule has 1 fully saturated rings. The fraction of sp³-hybridized carbons (Fsp3) is 0.562. The zero-order valence-electron chi connectivity index (χ0n) is 12.2. The minimum Gasteiger partial charge on any atom is -0.351 e. The van der Waals surface area contributed by atoms with E-state index in [0.717, 1.165) is 47.1 Å². The van der Waals surface area contributed by atoms with Crippen LogP contribution in [0.2, 0.25) is 0 Å². The lowest BCUT2D eigenvalue weighted by atomic mass is 9.92. The molecular weight excluding hydrogens is 363 g/mol. The molecule has 0 unspecified atom stereocenters. The van der Waals surface area contributed by atoms with Gasteiger partial charge >= 0.3 is 0 Å². The fourth-order valence-electron chi connectivity index (χ4n) is 3.03. The molecule has 1 aliphatic rings. The van der Waals surface area contributed by atoms with E-state index in [1.54, 1.807) is 0 Å². The van der Waals surface area contributed by atoms with Crippen LogP contribution in [0, 0.1) is 15.4 Å². The molecule has 1 amide bonds. The van der Waals surface area contributed by atoms with Crippen LogP contribution in [0.15, 0.2) is 24.3 Å². The second-order valence-corrected chi connectivity index (χ2v) is 7.22. The second kappa shape index (κ2) is 7.41. The number of benzene rings is 1. The van der Waals surface area contributed by atoms with Crippen molar-refractivity contribution in [1.82, 2.24) is 10.2 Å². The summed E-state index contributed by atoms with van der Waals surface area (Å²) < 4.78 is 1.09. The zero-order valence-corrected chi connectivity index (χ0v) is 14.4. The van der Waals surface area contributed by atoms with Crippen LogP contribution >= 0.6 is 22.6 Å². The summed E-state index contributed by atoms with van der Waals surface area (Å²) in [6, 6.07) is 7.70. The first kappa shape index (κ1) is 15.8. The SMILES string of the molecule is C[C@H]1C[C@H](C)CN(CCNC(=O)c2cccc(I)c2)C1. The van der Waals surface area contributed by atoms with Gasteiger partial charge in [-0.05, 0) is 59.0 Å². The smallest absolute Gasteiger partial charge is 0.251 e. The Morgan fingerprint density at radius 3 is 2.70 bits per heavy atom. The van der Waals surface area contributed by atoms with E-state index < -0.39 is 0 Å². The molecule has 2 atom stereocenters. The molecule has 3 nitrogen and oxygen atoms in total. The Bertz CT molecular complexity index is 454. The third-order valence-electron chi connectivity index (χ3n) is 3.74. The van der Waals surface area contributed by atoms with Crippen molar-refractivity contribution >= 4 is 28.5 Å². The minimum absolute atomic E-state index is 0.0293. The number of halogens is 1. The summed E-state index contributed by atoms with van der Waals surface area (Å²) in [4.78, 5) is 14.5. The molecule has 0 spiro atoms. The Hall–Kier alpha value is -0.620. The summed E-state index contributed by atoms with van der Waals surface area (Å²) in [5.74, 6) is 1.57. The molecule has 4 heteroatoms. The number of nitrogens with one attached hydrogen (secondary N) is 1. The van der Waals surface area contributed by atoms with Crippen molar-refractivity contribution < 1.29 is 4.79 Å². The van der Waals surface area contributed by atoms with Gasteiger partial charge in [0.25, 0.3) is 5.91 Å². The van der Waals surface area contributed by atoms with Gasteiger partial charge in [-0.15, -0.1) is 0 Å². The lowest BCUT2D eigenvalue weighted by molar-refractivity contribution is 0.0936. The Morgan fingerprint density at radius 2 is 2.05 bits per heavy atom. The maximum absolute atomic E-state index is 12.0. The third-order valence-corrected chi connectivity index (χ3v) is 4.42. The molecule has 2 rings (SSSR count). The van der Waals surface area contributed by atoms with Gasteiger partial charge in [-0.1, -0.05) is 19.9 Å². The molecule has 1 aromatic rings. The molecule has 0 aliphatic carbocycles. The first-order valence-electron chi connectivity index (χ1n) is 7.30. The maximum Gasteiger partial charge on any atom is 0.251 e.